The SMILES string of the molecule is COc1ccc2[nH]c(=O)nc(-c3ccccc3)c2c1.Cc1ccc2[nH]c(=O)nc(-c3ccccc3)c2c1. The number of aromatic nitrogens is 4. The molecule has 0 fully saturated rings. The van der Waals surface area contributed by atoms with Crippen molar-refractivity contribution in [1.29, 1.82) is 0 Å². The van der Waals surface area contributed by atoms with E-state index >= 15 is 0 Å². The van der Waals surface area contributed by atoms with Crippen LogP contribution < -0.4 is 16.1 Å². The first-order chi connectivity index (χ1) is 18.0. The number of rotatable bonds is 3. The summed E-state index contributed by atoms with van der Waals surface area (Å²) in [5.41, 5.74) is 5.32. The molecule has 2 aromatic heterocycles. The number of H-pyrrole nitrogens is 2. The molecule has 0 spiro atoms. The number of methoxy groups -OCH3 is 1. The smallest absolute Gasteiger partial charge is 0.345 e. The predicted octanol–water partition coefficient (Wildman–Crippen LogP) is 5.50. The molecule has 0 saturated heterocycles. The summed E-state index contributed by atoms with van der Waals surface area (Å²) < 4.78 is 5.22. The van der Waals surface area contributed by atoms with Gasteiger partial charge in [0.1, 0.15) is 5.75 Å². The van der Waals surface area contributed by atoms with Crippen molar-refractivity contribution >= 4 is 21.8 Å². The second-order valence-electron chi connectivity index (χ2n) is 8.47. The van der Waals surface area contributed by atoms with Gasteiger partial charge < -0.3 is 14.7 Å². The Morgan fingerprint density at radius 1 is 0.622 bits per heavy atom. The molecule has 0 amide bonds. The molecule has 2 N–H and O–H groups in total. The molecule has 182 valence electrons. The van der Waals surface area contributed by atoms with E-state index in [2.05, 4.69) is 19.9 Å². The van der Waals surface area contributed by atoms with Crippen LogP contribution >= 0.6 is 0 Å². The molecule has 0 saturated carbocycles. The van der Waals surface area contributed by atoms with Gasteiger partial charge in [0.15, 0.2) is 0 Å². The molecule has 0 radical (unpaired) electrons. The molecule has 0 atom stereocenters. The van der Waals surface area contributed by atoms with Gasteiger partial charge >= 0.3 is 11.4 Å². The number of ether oxygens (including phenoxy) is 1. The monoisotopic (exact) mass is 488 g/mol. The van der Waals surface area contributed by atoms with Crippen LogP contribution in [-0.2, 0) is 0 Å². The van der Waals surface area contributed by atoms with Crippen molar-refractivity contribution in [2.24, 2.45) is 0 Å². The zero-order chi connectivity index (χ0) is 25.8. The quantitative estimate of drug-likeness (QED) is 0.343. The summed E-state index contributed by atoms with van der Waals surface area (Å²) in [6, 6.07) is 30.8. The minimum Gasteiger partial charge on any atom is -0.497 e. The Morgan fingerprint density at radius 3 is 1.62 bits per heavy atom. The lowest BCUT2D eigenvalue weighted by Crippen LogP contribution is -2.11. The number of nitrogens with zero attached hydrogens (tertiary/aromatic N) is 2. The van der Waals surface area contributed by atoms with Gasteiger partial charge in [-0.3, -0.25) is 0 Å². The highest BCUT2D eigenvalue weighted by molar-refractivity contribution is 5.93. The van der Waals surface area contributed by atoms with Crippen molar-refractivity contribution in [3.8, 4) is 28.3 Å². The van der Waals surface area contributed by atoms with E-state index < -0.39 is 0 Å². The first kappa shape index (κ1) is 23.7. The number of hydrogen-bond acceptors (Lipinski definition) is 5. The molecule has 4 aromatic carbocycles. The highest BCUT2D eigenvalue weighted by Gasteiger charge is 2.09. The summed E-state index contributed by atoms with van der Waals surface area (Å²) >= 11 is 0. The van der Waals surface area contributed by atoms with Crippen LogP contribution in [0.15, 0.2) is 107 Å². The Hall–Kier alpha value is -5.04. The van der Waals surface area contributed by atoms with E-state index in [4.69, 9.17) is 4.74 Å². The lowest BCUT2D eigenvalue weighted by atomic mass is 10.1. The molecule has 0 bridgehead atoms. The number of aryl methyl sites for hydroxylation is 1. The minimum atomic E-state index is -0.350. The van der Waals surface area contributed by atoms with E-state index in [0.717, 1.165) is 49.9 Å². The van der Waals surface area contributed by atoms with Crippen LogP contribution in [0, 0.1) is 6.92 Å². The lowest BCUT2D eigenvalue weighted by molar-refractivity contribution is 0.415. The van der Waals surface area contributed by atoms with Gasteiger partial charge in [0.05, 0.1) is 29.5 Å². The molecule has 7 nitrogen and oxygen atoms in total. The maximum atomic E-state index is 11.6. The van der Waals surface area contributed by atoms with Crippen molar-refractivity contribution in [3.05, 3.63) is 124 Å². The summed E-state index contributed by atoms with van der Waals surface area (Å²) in [4.78, 5) is 36.9. The molecule has 7 heteroatoms. The van der Waals surface area contributed by atoms with Crippen molar-refractivity contribution in [2.45, 2.75) is 6.92 Å². The first-order valence-corrected chi connectivity index (χ1v) is 11.7. The molecular weight excluding hydrogens is 464 g/mol. The first-order valence-electron chi connectivity index (χ1n) is 11.7. The van der Waals surface area contributed by atoms with Crippen LogP contribution in [-0.4, -0.2) is 27.0 Å². The van der Waals surface area contributed by atoms with E-state index in [-0.39, 0.29) is 11.4 Å². The Balaban J connectivity index is 0.000000152. The molecule has 0 aliphatic carbocycles. The summed E-state index contributed by atoms with van der Waals surface area (Å²) in [5, 5.41) is 1.84. The third kappa shape index (κ3) is 5.16. The molecule has 0 aliphatic rings. The second kappa shape index (κ2) is 10.3. The van der Waals surface area contributed by atoms with E-state index in [9.17, 15) is 9.59 Å². The van der Waals surface area contributed by atoms with Gasteiger partial charge in [-0.05, 0) is 37.3 Å². The number of nitrogens with one attached hydrogen (secondary N) is 2. The molecule has 0 unspecified atom stereocenters. The number of hydrogen-bond donors (Lipinski definition) is 2. The lowest BCUT2D eigenvalue weighted by Gasteiger charge is -2.07. The number of benzene rings is 4. The Morgan fingerprint density at radius 2 is 1.11 bits per heavy atom. The maximum absolute atomic E-state index is 11.6. The molecular formula is C30H24N4O3. The summed E-state index contributed by atoms with van der Waals surface area (Å²) in [5.74, 6) is 0.735. The van der Waals surface area contributed by atoms with Crippen LogP contribution in [0.1, 0.15) is 5.56 Å². The minimum absolute atomic E-state index is 0.315. The van der Waals surface area contributed by atoms with Crippen LogP contribution in [0.5, 0.6) is 5.75 Å². The van der Waals surface area contributed by atoms with Crippen LogP contribution in [0.2, 0.25) is 0 Å². The van der Waals surface area contributed by atoms with E-state index in [1.54, 1.807) is 7.11 Å². The highest BCUT2D eigenvalue weighted by atomic mass is 16.5. The zero-order valence-corrected chi connectivity index (χ0v) is 20.4. The van der Waals surface area contributed by atoms with Gasteiger partial charge in [-0.2, -0.15) is 9.97 Å². The fourth-order valence-corrected chi connectivity index (χ4v) is 4.16. The number of fused-ring (bicyclic) bond motifs is 2. The Bertz CT molecular complexity index is 1810. The van der Waals surface area contributed by atoms with Gasteiger partial charge in [-0.15, -0.1) is 0 Å². The highest BCUT2D eigenvalue weighted by Crippen LogP contribution is 2.27. The third-order valence-corrected chi connectivity index (χ3v) is 5.92. The molecule has 6 aromatic rings. The van der Waals surface area contributed by atoms with Gasteiger partial charge in [0.2, 0.25) is 0 Å². The van der Waals surface area contributed by atoms with Crippen LogP contribution in [0.25, 0.3) is 44.3 Å². The topological polar surface area (TPSA) is 101 Å². The predicted molar refractivity (Wildman–Crippen MR) is 147 cm³/mol. The summed E-state index contributed by atoms with van der Waals surface area (Å²) in [6.07, 6.45) is 0. The van der Waals surface area contributed by atoms with Crippen LogP contribution in [0.3, 0.4) is 0 Å². The largest absolute Gasteiger partial charge is 0.497 e. The fraction of sp³-hybridized carbons (Fsp3) is 0.0667. The van der Waals surface area contributed by atoms with Crippen molar-refractivity contribution in [1.82, 2.24) is 19.9 Å². The zero-order valence-electron chi connectivity index (χ0n) is 20.4. The molecule has 6 rings (SSSR count). The van der Waals surface area contributed by atoms with E-state index in [1.165, 1.54) is 0 Å². The average Bonchev–Trinajstić information content (AvgIpc) is 2.93. The third-order valence-electron chi connectivity index (χ3n) is 5.92. The Labute approximate surface area is 212 Å². The molecule has 0 aliphatic heterocycles. The average molecular weight is 489 g/mol. The van der Waals surface area contributed by atoms with E-state index in [1.807, 2.05) is 104 Å². The van der Waals surface area contributed by atoms with Crippen LogP contribution in [0.4, 0.5) is 0 Å². The standard InChI is InChI=1S/C15H12N2O2.C15H12N2O/c1-19-11-7-8-13-12(9-11)14(17-15(18)16-13)10-5-3-2-4-6-10;1-10-7-8-13-12(9-10)14(17-15(18)16-13)11-5-3-2-4-6-11/h2-9H,1H3,(H,16,17,18);2-9H,1H3,(H,16,17,18). The molecule has 2 heterocycles. The Kier molecular flexibility index (Phi) is 6.59. The number of aromatic amines is 2. The van der Waals surface area contributed by atoms with Crippen molar-refractivity contribution < 1.29 is 4.74 Å². The summed E-state index contributed by atoms with van der Waals surface area (Å²) in [6.45, 7) is 2.03. The van der Waals surface area contributed by atoms with Gasteiger partial charge in [0, 0.05) is 21.9 Å². The van der Waals surface area contributed by atoms with Gasteiger partial charge in [-0.1, -0.05) is 72.3 Å². The van der Waals surface area contributed by atoms with Crippen molar-refractivity contribution in [3.63, 3.8) is 0 Å². The van der Waals surface area contributed by atoms with E-state index in [0.29, 0.717) is 5.69 Å². The van der Waals surface area contributed by atoms with Gasteiger partial charge in [-0.25, -0.2) is 9.59 Å². The van der Waals surface area contributed by atoms with Crippen molar-refractivity contribution in [2.75, 3.05) is 7.11 Å². The normalized spacial score (nSPS) is 10.6. The fourth-order valence-electron chi connectivity index (χ4n) is 4.16. The molecule has 37 heavy (non-hydrogen) atoms. The second-order valence-corrected chi connectivity index (χ2v) is 8.47. The van der Waals surface area contributed by atoms with Gasteiger partial charge in [0.25, 0.3) is 0 Å². The maximum Gasteiger partial charge on any atom is 0.345 e. The summed E-state index contributed by atoms with van der Waals surface area (Å²) in [7, 11) is 1.61.